The Bertz CT molecular complexity index is 250. The quantitative estimate of drug-likeness (QED) is 0.527. The maximum Gasteiger partial charge on any atom is 0.326 e. The lowest BCUT2D eigenvalue weighted by atomic mass is 10.1. The van der Waals surface area contributed by atoms with Gasteiger partial charge in [0, 0.05) is 20.1 Å². The lowest BCUT2D eigenvalue weighted by Crippen LogP contribution is -2.49. The second-order valence-electron chi connectivity index (χ2n) is 3.57. The summed E-state index contributed by atoms with van der Waals surface area (Å²) in [5.41, 5.74) is 5.63. The average Bonchev–Trinajstić information content (AvgIpc) is 2.30. The number of thioether (sulfide) groups is 1. The molecule has 0 heterocycles. The molecule has 0 bridgehead atoms. The van der Waals surface area contributed by atoms with Crippen LogP contribution >= 0.6 is 11.8 Å². The molecule has 4 N–H and O–H groups in total. The summed E-state index contributed by atoms with van der Waals surface area (Å²) in [7, 11) is 1.48. The van der Waals surface area contributed by atoms with Crippen LogP contribution in [0.5, 0.6) is 0 Å². The fourth-order valence-electron chi connectivity index (χ4n) is 1.15. The first-order valence-electron chi connectivity index (χ1n) is 5.29. The van der Waals surface area contributed by atoms with Gasteiger partial charge in [0.1, 0.15) is 6.04 Å². The van der Waals surface area contributed by atoms with E-state index in [0.29, 0.717) is 6.42 Å². The predicted molar refractivity (Wildman–Crippen MR) is 67.0 cm³/mol. The molecule has 0 aliphatic heterocycles. The zero-order valence-electron chi connectivity index (χ0n) is 10.1. The lowest BCUT2D eigenvalue weighted by molar-refractivity contribution is -0.142. The minimum Gasteiger partial charge on any atom is -0.480 e. The van der Waals surface area contributed by atoms with Gasteiger partial charge in [0.05, 0.1) is 6.04 Å². The van der Waals surface area contributed by atoms with Crippen molar-refractivity contribution in [3.63, 3.8) is 0 Å². The highest BCUT2D eigenvalue weighted by molar-refractivity contribution is 7.98. The third-order valence-electron chi connectivity index (χ3n) is 2.19. The molecule has 17 heavy (non-hydrogen) atoms. The van der Waals surface area contributed by atoms with Gasteiger partial charge < -0.3 is 20.9 Å². The van der Waals surface area contributed by atoms with Crippen LogP contribution in [0.25, 0.3) is 0 Å². The van der Waals surface area contributed by atoms with E-state index < -0.39 is 24.0 Å². The summed E-state index contributed by atoms with van der Waals surface area (Å²) < 4.78 is 4.78. The summed E-state index contributed by atoms with van der Waals surface area (Å²) in [6, 6.07) is -1.60. The summed E-state index contributed by atoms with van der Waals surface area (Å²) in [4.78, 5) is 22.4. The van der Waals surface area contributed by atoms with Gasteiger partial charge in [-0.05, 0) is 18.4 Å². The number of hydrogen-bond acceptors (Lipinski definition) is 5. The Morgan fingerprint density at radius 2 is 2.12 bits per heavy atom. The van der Waals surface area contributed by atoms with Crippen molar-refractivity contribution in [1.82, 2.24) is 5.32 Å². The van der Waals surface area contributed by atoms with Crippen LogP contribution in [-0.4, -0.2) is 54.8 Å². The standard InChI is InChI=1S/C10H20N2O4S/c1-16-5-3-8(10(14)15)12-9(13)7(11)4-6-17-2/h7-8H,3-6,11H2,1-2H3,(H,12,13)(H,14,15)/t7-,8?/m1/s1. The molecule has 0 saturated carbocycles. The highest BCUT2D eigenvalue weighted by atomic mass is 32.2. The van der Waals surface area contributed by atoms with Gasteiger partial charge in [0.25, 0.3) is 0 Å². The zero-order valence-corrected chi connectivity index (χ0v) is 11.0. The van der Waals surface area contributed by atoms with Gasteiger partial charge in [0.2, 0.25) is 5.91 Å². The van der Waals surface area contributed by atoms with Crippen molar-refractivity contribution in [2.45, 2.75) is 24.9 Å². The molecule has 0 aromatic carbocycles. The SMILES string of the molecule is COCCC(NC(=O)[C@H](N)CCSC)C(=O)O. The molecular weight excluding hydrogens is 244 g/mol. The summed E-state index contributed by atoms with van der Waals surface area (Å²) in [6.07, 6.45) is 2.68. The van der Waals surface area contributed by atoms with Gasteiger partial charge in [-0.1, -0.05) is 0 Å². The van der Waals surface area contributed by atoms with Crippen LogP contribution in [0.3, 0.4) is 0 Å². The van der Waals surface area contributed by atoms with Gasteiger partial charge in [-0.25, -0.2) is 4.79 Å². The van der Waals surface area contributed by atoms with E-state index in [-0.39, 0.29) is 13.0 Å². The number of carboxylic acid groups (broad SMARTS) is 1. The van der Waals surface area contributed by atoms with Crippen LogP contribution in [0.4, 0.5) is 0 Å². The van der Waals surface area contributed by atoms with Crippen molar-refractivity contribution in [3.05, 3.63) is 0 Å². The maximum absolute atomic E-state index is 11.6. The van der Waals surface area contributed by atoms with E-state index in [0.717, 1.165) is 5.75 Å². The molecule has 1 unspecified atom stereocenters. The fourth-order valence-corrected chi connectivity index (χ4v) is 1.64. The monoisotopic (exact) mass is 264 g/mol. The number of carboxylic acids is 1. The second kappa shape index (κ2) is 9.26. The minimum absolute atomic E-state index is 0.229. The molecular formula is C10H20N2O4S. The van der Waals surface area contributed by atoms with E-state index >= 15 is 0 Å². The number of methoxy groups -OCH3 is 1. The van der Waals surface area contributed by atoms with E-state index in [4.69, 9.17) is 15.6 Å². The molecule has 0 aromatic rings. The van der Waals surface area contributed by atoms with Crippen molar-refractivity contribution in [2.24, 2.45) is 5.73 Å². The molecule has 0 radical (unpaired) electrons. The molecule has 0 spiro atoms. The minimum atomic E-state index is -1.08. The number of ether oxygens (including phenoxy) is 1. The second-order valence-corrected chi connectivity index (χ2v) is 4.55. The lowest BCUT2D eigenvalue weighted by Gasteiger charge is -2.17. The molecule has 100 valence electrons. The number of rotatable bonds is 9. The highest BCUT2D eigenvalue weighted by Gasteiger charge is 2.22. The smallest absolute Gasteiger partial charge is 0.326 e. The van der Waals surface area contributed by atoms with Crippen molar-refractivity contribution < 1.29 is 19.4 Å². The predicted octanol–water partition coefficient (Wildman–Crippen LogP) is -0.327. The molecule has 0 aromatic heterocycles. The molecule has 6 nitrogen and oxygen atoms in total. The van der Waals surface area contributed by atoms with Crippen molar-refractivity contribution >= 4 is 23.6 Å². The Morgan fingerprint density at radius 3 is 2.59 bits per heavy atom. The number of hydrogen-bond donors (Lipinski definition) is 3. The van der Waals surface area contributed by atoms with Crippen molar-refractivity contribution in [1.29, 1.82) is 0 Å². The summed E-state index contributed by atoms with van der Waals surface area (Å²) in [5.74, 6) is -0.736. The van der Waals surface area contributed by atoms with Gasteiger partial charge in [-0.3, -0.25) is 4.79 Å². The molecule has 2 atom stereocenters. The number of amides is 1. The first kappa shape index (κ1) is 16.2. The van der Waals surface area contributed by atoms with Gasteiger partial charge in [0.15, 0.2) is 0 Å². The van der Waals surface area contributed by atoms with Gasteiger partial charge >= 0.3 is 5.97 Å². The number of aliphatic carboxylic acids is 1. The average molecular weight is 264 g/mol. The Hall–Kier alpha value is -0.790. The van der Waals surface area contributed by atoms with Crippen molar-refractivity contribution in [2.75, 3.05) is 25.7 Å². The third kappa shape index (κ3) is 7.19. The molecule has 0 saturated heterocycles. The molecule has 0 aliphatic rings. The fraction of sp³-hybridized carbons (Fsp3) is 0.800. The van der Waals surface area contributed by atoms with E-state index in [1.54, 1.807) is 11.8 Å². The summed E-state index contributed by atoms with van der Waals surface area (Å²) in [6.45, 7) is 0.275. The Kier molecular flexibility index (Phi) is 8.83. The molecule has 1 amide bonds. The zero-order chi connectivity index (χ0) is 13.3. The van der Waals surface area contributed by atoms with Crippen LogP contribution in [0.2, 0.25) is 0 Å². The Morgan fingerprint density at radius 1 is 1.47 bits per heavy atom. The van der Waals surface area contributed by atoms with Crippen LogP contribution in [-0.2, 0) is 14.3 Å². The number of nitrogens with two attached hydrogens (primary N) is 1. The summed E-state index contributed by atoms with van der Waals surface area (Å²) >= 11 is 1.59. The largest absolute Gasteiger partial charge is 0.480 e. The van der Waals surface area contributed by atoms with Crippen LogP contribution < -0.4 is 11.1 Å². The van der Waals surface area contributed by atoms with Crippen LogP contribution in [0, 0.1) is 0 Å². The van der Waals surface area contributed by atoms with Crippen LogP contribution in [0.15, 0.2) is 0 Å². The van der Waals surface area contributed by atoms with E-state index in [9.17, 15) is 9.59 Å². The number of carbonyl (C=O) groups is 2. The van der Waals surface area contributed by atoms with E-state index in [1.165, 1.54) is 7.11 Å². The van der Waals surface area contributed by atoms with Gasteiger partial charge in [-0.15, -0.1) is 0 Å². The van der Waals surface area contributed by atoms with Crippen molar-refractivity contribution in [3.8, 4) is 0 Å². The first-order chi connectivity index (χ1) is 8.02. The number of carbonyl (C=O) groups excluding carboxylic acids is 1. The molecule has 7 heteroatoms. The van der Waals surface area contributed by atoms with Crippen LogP contribution in [0.1, 0.15) is 12.8 Å². The maximum atomic E-state index is 11.6. The van der Waals surface area contributed by atoms with E-state index in [2.05, 4.69) is 5.32 Å². The van der Waals surface area contributed by atoms with Gasteiger partial charge in [-0.2, -0.15) is 11.8 Å². The molecule has 0 aliphatic carbocycles. The first-order valence-corrected chi connectivity index (χ1v) is 6.69. The van der Waals surface area contributed by atoms with E-state index in [1.807, 2.05) is 6.26 Å². The third-order valence-corrected chi connectivity index (χ3v) is 2.84. The molecule has 0 fully saturated rings. The Balaban J connectivity index is 4.15. The molecule has 0 rings (SSSR count). The Labute approximate surface area is 105 Å². The number of nitrogens with one attached hydrogen (secondary N) is 1. The topological polar surface area (TPSA) is 102 Å². The highest BCUT2D eigenvalue weighted by Crippen LogP contribution is 2.00. The normalized spacial score (nSPS) is 14.1. The summed E-state index contributed by atoms with van der Waals surface area (Å²) in [5, 5.41) is 11.3.